The fourth-order valence-corrected chi connectivity index (χ4v) is 2.85. The molecule has 0 fully saturated rings. The van der Waals surface area contributed by atoms with Crippen molar-refractivity contribution in [3.05, 3.63) is 34.3 Å². The second kappa shape index (κ2) is 9.12. The number of ether oxygens (including phenoxy) is 1. The normalized spacial score (nSPS) is 12.6. The van der Waals surface area contributed by atoms with Gasteiger partial charge in [-0.05, 0) is 49.8 Å². The van der Waals surface area contributed by atoms with Crippen LogP contribution in [-0.4, -0.2) is 18.5 Å². The molecular formula is C14H20Br2O. The van der Waals surface area contributed by atoms with Gasteiger partial charge in [-0.1, -0.05) is 44.0 Å². The number of hydrogen-bond acceptors (Lipinski definition) is 1. The second-order valence-electron chi connectivity index (χ2n) is 4.19. The molecule has 0 radical (unpaired) electrons. The Bertz CT molecular complexity index is 315. The summed E-state index contributed by atoms with van der Waals surface area (Å²) in [5.41, 5.74) is 1.40. The largest absolute Gasteiger partial charge is 0.382 e. The van der Waals surface area contributed by atoms with Crippen molar-refractivity contribution in [1.82, 2.24) is 0 Å². The van der Waals surface area contributed by atoms with Crippen LogP contribution in [0.5, 0.6) is 0 Å². The zero-order valence-corrected chi connectivity index (χ0v) is 13.5. The molecule has 0 aliphatic heterocycles. The first-order valence-electron chi connectivity index (χ1n) is 6.14. The van der Waals surface area contributed by atoms with E-state index in [-0.39, 0.29) is 0 Å². The lowest BCUT2D eigenvalue weighted by atomic mass is 9.97. The molecule has 1 unspecified atom stereocenters. The molecule has 1 aromatic rings. The first-order chi connectivity index (χ1) is 8.26. The van der Waals surface area contributed by atoms with Crippen LogP contribution in [0.15, 0.2) is 28.7 Å². The Kier molecular flexibility index (Phi) is 8.15. The van der Waals surface area contributed by atoms with Crippen LogP contribution >= 0.6 is 31.9 Å². The molecular weight excluding hydrogens is 344 g/mol. The predicted octanol–water partition coefficient (Wildman–Crippen LogP) is 4.82. The Labute approximate surface area is 121 Å². The minimum absolute atomic E-state index is 0.699. The van der Waals surface area contributed by atoms with E-state index in [9.17, 15) is 0 Å². The molecule has 0 saturated carbocycles. The van der Waals surface area contributed by atoms with Crippen molar-refractivity contribution in [2.45, 2.75) is 26.2 Å². The predicted molar refractivity (Wildman–Crippen MR) is 80.9 cm³/mol. The molecule has 0 N–H and O–H groups in total. The van der Waals surface area contributed by atoms with Crippen molar-refractivity contribution in [1.29, 1.82) is 0 Å². The number of benzene rings is 1. The van der Waals surface area contributed by atoms with E-state index in [2.05, 4.69) is 56.1 Å². The minimum atomic E-state index is 0.699. The lowest BCUT2D eigenvalue weighted by Gasteiger charge is -2.14. The first kappa shape index (κ1) is 15.2. The summed E-state index contributed by atoms with van der Waals surface area (Å²) in [7, 11) is 0. The molecule has 1 rings (SSSR count). The highest BCUT2D eigenvalue weighted by Gasteiger charge is 2.08. The van der Waals surface area contributed by atoms with Crippen molar-refractivity contribution in [2.75, 3.05) is 18.5 Å². The molecule has 96 valence electrons. The van der Waals surface area contributed by atoms with Crippen LogP contribution in [-0.2, 0) is 11.2 Å². The second-order valence-corrected chi connectivity index (χ2v) is 5.76. The zero-order valence-electron chi connectivity index (χ0n) is 10.3. The van der Waals surface area contributed by atoms with Crippen molar-refractivity contribution in [3.8, 4) is 0 Å². The van der Waals surface area contributed by atoms with Gasteiger partial charge in [0.1, 0.15) is 0 Å². The van der Waals surface area contributed by atoms with Gasteiger partial charge in [0.2, 0.25) is 0 Å². The highest BCUT2D eigenvalue weighted by molar-refractivity contribution is 9.10. The fourth-order valence-electron chi connectivity index (χ4n) is 1.85. The molecule has 0 spiro atoms. The maximum absolute atomic E-state index is 5.37. The molecule has 1 nitrogen and oxygen atoms in total. The van der Waals surface area contributed by atoms with Crippen LogP contribution in [0.4, 0.5) is 0 Å². The lowest BCUT2D eigenvalue weighted by Crippen LogP contribution is -2.08. The van der Waals surface area contributed by atoms with Crippen molar-refractivity contribution in [2.24, 2.45) is 5.92 Å². The number of rotatable bonds is 8. The quantitative estimate of drug-likeness (QED) is 0.475. The van der Waals surface area contributed by atoms with E-state index in [0.29, 0.717) is 5.92 Å². The van der Waals surface area contributed by atoms with Crippen molar-refractivity contribution < 1.29 is 4.74 Å². The Morgan fingerprint density at radius 2 is 2.18 bits per heavy atom. The summed E-state index contributed by atoms with van der Waals surface area (Å²) in [6.45, 7) is 3.76. The van der Waals surface area contributed by atoms with Crippen LogP contribution in [0.25, 0.3) is 0 Å². The summed E-state index contributed by atoms with van der Waals surface area (Å²) in [4.78, 5) is 0. The molecule has 0 aromatic heterocycles. The van der Waals surface area contributed by atoms with Crippen molar-refractivity contribution >= 4 is 31.9 Å². The van der Waals surface area contributed by atoms with Gasteiger partial charge in [0.05, 0.1) is 0 Å². The number of halogens is 2. The van der Waals surface area contributed by atoms with E-state index >= 15 is 0 Å². The topological polar surface area (TPSA) is 9.23 Å². The molecule has 0 aliphatic rings. The highest BCUT2D eigenvalue weighted by Crippen LogP contribution is 2.19. The van der Waals surface area contributed by atoms with E-state index in [1.54, 1.807) is 0 Å². The number of alkyl halides is 1. The fraction of sp³-hybridized carbons (Fsp3) is 0.571. The smallest absolute Gasteiger partial charge is 0.0466 e. The van der Waals surface area contributed by atoms with Crippen molar-refractivity contribution in [3.63, 3.8) is 0 Å². The van der Waals surface area contributed by atoms with Crippen LogP contribution in [0.2, 0.25) is 0 Å². The standard InChI is InChI=1S/C14H20Br2O/c1-2-17-8-4-6-13(11-15)9-12-5-3-7-14(16)10-12/h3,5,7,10,13H,2,4,6,8-9,11H2,1H3. The van der Waals surface area contributed by atoms with Crippen LogP contribution in [0, 0.1) is 5.92 Å². The van der Waals surface area contributed by atoms with Gasteiger partial charge in [-0.2, -0.15) is 0 Å². The molecule has 1 aromatic carbocycles. The third kappa shape index (κ3) is 6.58. The zero-order chi connectivity index (χ0) is 12.5. The van der Waals surface area contributed by atoms with Gasteiger partial charge < -0.3 is 4.74 Å². The SMILES string of the molecule is CCOCCCC(CBr)Cc1cccc(Br)c1. The van der Waals surface area contributed by atoms with Gasteiger partial charge >= 0.3 is 0 Å². The summed E-state index contributed by atoms with van der Waals surface area (Å²) in [6, 6.07) is 8.58. The summed E-state index contributed by atoms with van der Waals surface area (Å²) in [6.07, 6.45) is 3.51. The van der Waals surface area contributed by atoms with E-state index in [1.807, 2.05) is 6.92 Å². The Balaban J connectivity index is 2.35. The van der Waals surface area contributed by atoms with Gasteiger partial charge in [-0.25, -0.2) is 0 Å². The Morgan fingerprint density at radius 3 is 2.82 bits per heavy atom. The summed E-state index contributed by atoms with van der Waals surface area (Å²) in [5.74, 6) is 0.699. The van der Waals surface area contributed by atoms with E-state index in [4.69, 9.17) is 4.74 Å². The lowest BCUT2D eigenvalue weighted by molar-refractivity contribution is 0.140. The molecule has 1 atom stereocenters. The average Bonchev–Trinajstić information content (AvgIpc) is 2.33. The van der Waals surface area contributed by atoms with Gasteiger partial charge in [0, 0.05) is 23.0 Å². The molecule has 0 heterocycles. The summed E-state index contributed by atoms with van der Waals surface area (Å²) < 4.78 is 6.54. The first-order valence-corrected chi connectivity index (χ1v) is 8.05. The van der Waals surface area contributed by atoms with Crippen LogP contribution in [0.1, 0.15) is 25.3 Å². The Hall–Kier alpha value is 0.140. The minimum Gasteiger partial charge on any atom is -0.382 e. The van der Waals surface area contributed by atoms with Gasteiger partial charge in [0.15, 0.2) is 0 Å². The molecule has 0 saturated heterocycles. The number of hydrogen-bond donors (Lipinski definition) is 0. The molecule has 0 bridgehead atoms. The van der Waals surface area contributed by atoms with E-state index < -0.39 is 0 Å². The van der Waals surface area contributed by atoms with Gasteiger partial charge in [-0.3, -0.25) is 0 Å². The highest BCUT2D eigenvalue weighted by atomic mass is 79.9. The Morgan fingerprint density at radius 1 is 1.35 bits per heavy atom. The molecule has 3 heteroatoms. The van der Waals surface area contributed by atoms with Crippen LogP contribution < -0.4 is 0 Å². The summed E-state index contributed by atoms with van der Waals surface area (Å²) in [5, 5.41) is 1.06. The third-order valence-corrected chi connectivity index (χ3v) is 4.15. The summed E-state index contributed by atoms with van der Waals surface area (Å²) >= 11 is 7.12. The average molecular weight is 364 g/mol. The van der Waals surface area contributed by atoms with E-state index in [1.165, 1.54) is 12.0 Å². The monoisotopic (exact) mass is 362 g/mol. The molecule has 0 aliphatic carbocycles. The van der Waals surface area contributed by atoms with Crippen LogP contribution in [0.3, 0.4) is 0 Å². The van der Waals surface area contributed by atoms with Gasteiger partial charge in [0.25, 0.3) is 0 Å². The maximum Gasteiger partial charge on any atom is 0.0466 e. The van der Waals surface area contributed by atoms with Gasteiger partial charge in [-0.15, -0.1) is 0 Å². The molecule has 17 heavy (non-hydrogen) atoms. The maximum atomic E-state index is 5.37. The molecule has 0 amide bonds. The third-order valence-electron chi connectivity index (χ3n) is 2.74. The van der Waals surface area contributed by atoms with E-state index in [0.717, 1.165) is 35.9 Å².